The molecule has 2 aromatic rings. The highest BCUT2D eigenvalue weighted by atomic mass is 79.9. The van der Waals surface area contributed by atoms with E-state index in [0.717, 1.165) is 16.1 Å². The third-order valence-corrected chi connectivity index (χ3v) is 2.39. The third-order valence-electron chi connectivity index (χ3n) is 1.96. The van der Waals surface area contributed by atoms with Crippen LogP contribution in [0.5, 0.6) is 0 Å². The zero-order valence-electron chi connectivity index (χ0n) is 8.14. The second-order valence-corrected chi connectivity index (χ2v) is 3.92. The summed E-state index contributed by atoms with van der Waals surface area (Å²) in [6, 6.07) is 3.88. The SMILES string of the molecule is CC(Nc1cncnc1)c1ccc(Br)o1. The number of anilines is 1. The van der Waals surface area contributed by atoms with Gasteiger partial charge in [0.15, 0.2) is 4.67 Å². The summed E-state index contributed by atoms with van der Waals surface area (Å²) in [6.45, 7) is 2.01. The summed E-state index contributed by atoms with van der Waals surface area (Å²) in [7, 11) is 0. The van der Waals surface area contributed by atoms with E-state index in [1.165, 1.54) is 6.33 Å². The van der Waals surface area contributed by atoms with E-state index in [2.05, 4.69) is 31.2 Å². The van der Waals surface area contributed by atoms with E-state index in [9.17, 15) is 0 Å². The molecule has 1 N–H and O–H groups in total. The van der Waals surface area contributed by atoms with E-state index in [1.54, 1.807) is 12.4 Å². The van der Waals surface area contributed by atoms with Gasteiger partial charge >= 0.3 is 0 Å². The molecule has 0 aliphatic rings. The van der Waals surface area contributed by atoms with Crippen molar-refractivity contribution in [2.45, 2.75) is 13.0 Å². The second-order valence-electron chi connectivity index (χ2n) is 3.14. The summed E-state index contributed by atoms with van der Waals surface area (Å²) < 4.78 is 6.16. The van der Waals surface area contributed by atoms with Crippen LogP contribution in [0.1, 0.15) is 18.7 Å². The quantitative estimate of drug-likeness (QED) is 0.929. The van der Waals surface area contributed by atoms with Gasteiger partial charge in [0.05, 0.1) is 24.1 Å². The molecule has 0 fully saturated rings. The van der Waals surface area contributed by atoms with Gasteiger partial charge in [-0.2, -0.15) is 0 Å². The Bertz CT molecular complexity index is 429. The first-order valence-electron chi connectivity index (χ1n) is 4.52. The fraction of sp³-hybridized carbons (Fsp3) is 0.200. The largest absolute Gasteiger partial charge is 0.452 e. The number of hydrogen-bond donors (Lipinski definition) is 1. The van der Waals surface area contributed by atoms with E-state index in [0.29, 0.717) is 0 Å². The van der Waals surface area contributed by atoms with Gasteiger partial charge in [-0.1, -0.05) is 0 Å². The van der Waals surface area contributed by atoms with Crippen LogP contribution < -0.4 is 5.32 Å². The highest BCUT2D eigenvalue weighted by Gasteiger charge is 2.09. The lowest BCUT2D eigenvalue weighted by atomic mass is 10.2. The molecular formula is C10H10BrN3O. The van der Waals surface area contributed by atoms with Gasteiger partial charge in [0.2, 0.25) is 0 Å². The number of rotatable bonds is 3. The van der Waals surface area contributed by atoms with Crippen LogP contribution in [0.3, 0.4) is 0 Å². The number of nitrogens with one attached hydrogen (secondary N) is 1. The minimum absolute atomic E-state index is 0.0855. The maximum atomic E-state index is 5.43. The Labute approximate surface area is 95.9 Å². The van der Waals surface area contributed by atoms with Crippen molar-refractivity contribution in [3.05, 3.63) is 41.3 Å². The molecule has 0 spiro atoms. The Morgan fingerprint density at radius 1 is 1.33 bits per heavy atom. The summed E-state index contributed by atoms with van der Waals surface area (Å²) in [5, 5.41) is 3.23. The molecule has 15 heavy (non-hydrogen) atoms. The molecule has 5 heteroatoms. The lowest BCUT2D eigenvalue weighted by molar-refractivity contribution is 0.471. The molecule has 0 amide bonds. The number of halogens is 1. The van der Waals surface area contributed by atoms with Gasteiger partial charge in [-0.05, 0) is 35.0 Å². The molecule has 1 unspecified atom stereocenters. The van der Waals surface area contributed by atoms with Gasteiger partial charge in [-0.15, -0.1) is 0 Å². The molecule has 1 atom stereocenters. The zero-order valence-corrected chi connectivity index (χ0v) is 9.73. The van der Waals surface area contributed by atoms with Gasteiger partial charge < -0.3 is 9.73 Å². The van der Waals surface area contributed by atoms with Crippen LogP contribution in [0.4, 0.5) is 5.69 Å². The summed E-state index contributed by atoms with van der Waals surface area (Å²) >= 11 is 3.27. The van der Waals surface area contributed by atoms with Gasteiger partial charge in [0.1, 0.15) is 12.1 Å². The molecular weight excluding hydrogens is 258 g/mol. The molecule has 0 saturated heterocycles. The summed E-state index contributed by atoms with van der Waals surface area (Å²) in [6.07, 6.45) is 4.95. The van der Waals surface area contributed by atoms with E-state index >= 15 is 0 Å². The molecule has 2 aromatic heterocycles. The average molecular weight is 268 g/mol. The first-order valence-corrected chi connectivity index (χ1v) is 5.32. The fourth-order valence-electron chi connectivity index (χ4n) is 1.26. The lowest BCUT2D eigenvalue weighted by Crippen LogP contribution is -2.05. The second kappa shape index (κ2) is 4.44. The van der Waals surface area contributed by atoms with Crippen molar-refractivity contribution in [1.82, 2.24) is 9.97 Å². The van der Waals surface area contributed by atoms with Crippen molar-refractivity contribution in [3.63, 3.8) is 0 Å². The van der Waals surface area contributed by atoms with Gasteiger partial charge in [0, 0.05) is 0 Å². The topological polar surface area (TPSA) is 51.0 Å². The fourth-order valence-corrected chi connectivity index (χ4v) is 1.57. The number of nitrogens with zero attached hydrogens (tertiary/aromatic N) is 2. The highest BCUT2D eigenvalue weighted by Crippen LogP contribution is 2.22. The normalized spacial score (nSPS) is 12.4. The standard InChI is InChI=1S/C10H10BrN3O/c1-7(9-2-3-10(11)15-9)14-8-4-12-6-13-5-8/h2-7,14H,1H3. The Balaban J connectivity index is 2.07. The summed E-state index contributed by atoms with van der Waals surface area (Å²) in [5.41, 5.74) is 0.873. The minimum atomic E-state index is 0.0855. The van der Waals surface area contributed by atoms with E-state index in [1.807, 2.05) is 19.1 Å². The highest BCUT2D eigenvalue weighted by molar-refractivity contribution is 9.10. The van der Waals surface area contributed by atoms with Crippen molar-refractivity contribution in [1.29, 1.82) is 0 Å². The van der Waals surface area contributed by atoms with Crippen molar-refractivity contribution < 1.29 is 4.42 Å². The monoisotopic (exact) mass is 267 g/mol. The van der Waals surface area contributed by atoms with E-state index in [4.69, 9.17) is 4.42 Å². The number of hydrogen-bond acceptors (Lipinski definition) is 4. The minimum Gasteiger partial charge on any atom is -0.452 e. The Hall–Kier alpha value is -1.36. The van der Waals surface area contributed by atoms with Crippen LogP contribution >= 0.6 is 15.9 Å². The van der Waals surface area contributed by atoms with Crippen LogP contribution in [-0.4, -0.2) is 9.97 Å². The van der Waals surface area contributed by atoms with Gasteiger partial charge in [-0.25, -0.2) is 9.97 Å². The molecule has 0 aromatic carbocycles. The molecule has 0 aliphatic heterocycles. The number of furan rings is 1. The first-order chi connectivity index (χ1) is 7.25. The first kappa shape index (κ1) is 10.2. The average Bonchev–Trinajstić information content (AvgIpc) is 2.66. The lowest BCUT2D eigenvalue weighted by Gasteiger charge is -2.11. The maximum absolute atomic E-state index is 5.43. The smallest absolute Gasteiger partial charge is 0.169 e. The van der Waals surface area contributed by atoms with Gasteiger partial charge in [0.25, 0.3) is 0 Å². The predicted molar refractivity (Wildman–Crippen MR) is 60.5 cm³/mol. The molecule has 2 rings (SSSR count). The Kier molecular flexibility index (Phi) is 3.01. The van der Waals surface area contributed by atoms with Crippen LogP contribution in [0.25, 0.3) is 0 Å². The van der Waals surface area contributed by atoms with Crippen LogP contribution in [0, 0.1) is 0 Å². The van der Waals surface area contributed by atoms with Crippen molar-refractivity contribution in [2.24, 2.45) is 0 Å². The summed E-state index contributed by atoms with van der Waals surface area (Å²) in [4.78, 5) is 7.85. The van der Waals surface area contributed by atoms with Gasteiger partial charge in [-0.3, -0.25) is 0 Å². The predicted octanol–water partition coefficient (Wildman–Crippen LogP) is 3.01. The van der Waals surface area contributed by atoms with E-state index in [-0.39, 0.29) is 6.04 Å². The Morgan fingerprint density at radius 3 is 2.67 bits per heavy atom. The molecule has 0 aliphatic carbocycles. The van der Waals surface area contributed by atoms with Crippen LogP contribution in [-0.2, 0) is 0 Å². The van der Waals surface area contributed by atoms with Crippen molar-refractivity contribution in [3.8, 4) is 0 Å². The van der Waals surface area contributed by atoms with Crippen LogP contribution in [0.15, 0.2) is 39.9 Å². The molecule has 0 radical (unpaired) electrons. The molecule has 0 saturated carbocycles. The zero-order chi connectivity index (χ0) is 10.7. The third kappa shape index (κ3) is 2.56. The molecule has 78 valence electrons. The molecule has 4 nitrogen and oxygen atoms in total. The summed E-state index contributed by atoms with van der Waals surface area (Å²) in [5.74, 6) is 0.866. The Morgan fingerprint density at radius 2 is 2.07 bits per heavy atom. The number of aromatic nitrogens is 2. The molecule has 2 heterocycles. The van der Waals surface area contributed by atoms with Crippen molar-refractivity contribution in [2.75, 3.05) is 5.32 Å². The van der Waals surface area contributed by atoms with Crippen molar-refractivity contribution >= 4 is 21.6 Å². The molecule has 0 bridgehead atoms. The van der Waals surface area contributed by atoms with Crippen LogP contribution in [0.2, 0.25) is 0 Å². The maximum Gasteiger partial charge on any atom is 0.169 e. The van der Waals surface area contributed by atoms with E-state index < -0.39 is 0 Å².